The van der Waals surface area contributed by atoms with Crippen molar-refractivity contribution in [1.29, 1.82) is 0 Å². The number of hydrogen-bond acceptors (Lipinski definition) is 4. The second-order valence-corrected chi connectivity index (χ2v) is 6.32. The van der Waals surface area contributed by atoms with Crippen LogP contribution in [-0.2, 0) is 0 Å². The summed E-state index contributed by atoms with van der Waals surface area (Å²) in [5.74, 6) is 0.753. The lowest BCUT2D eigenvalue weighted by atomic mass is 10.1. The van der Waals surface area contributed by atoms with E-state index in [4.69, 9.17) is 0 Å². The Labute approximate surface area is 139 Å². The van der Waals surface area contributed by atoms with Crippen molar-refractivity contribution in [1.82, 2.24) is 19.2 Å². The molecule has 0 unspecified atom stereocenters. The van der Waals surface area contributed by atoms with Crippen molar-refractivity contribution >= 4 is 17.4 Å². The Kier molecular flexibility index (Phi) is 4.25. The maximum atomic E-state index is 12.3. The first-order valence-corrected chi connectivity index (χ1v) is 8.25. The van der Waals surface area contributed by atoms with Gasteiger partial charge in [0.05, 0.1) is 11.9 Å². The lowest BCUT2D eigenvalue weighted by Crippen LogP contribution is -2.30. The number of benzene rings is 1. The van der Waals surface area contributed by atoms with Crippen molar-refractivity contribution < 1.29 is 4.79 Å². The molecule has 0 fully saturated rings. The van der Waals surface area contributed by atoms with Crippen molar-refractivity contribution in [3.63, 3.8) is 0 Å². The fourth-order valence-corrected chi connectivity index (χ4v) is 2.90. The molecular formula is C17H18N4OS. The number of aromatic nitrogens is 3. The molecule has 5 nitrogen and oxygen atoms in total. The van der Waals surface area contributed by atoms with Crippen molar-refractivity contribution in [2.75, 3.05) is 0 Å². The quantitative estimate of drug-likeness (QED) is 0.799. The van der Waals surface area contributed by atoms with Gasteiger partial charge in [-0.1, -0.05) is 6.07 Å². The van der Waals surface area contributed by atoms with Gasteiger partial charge in [-0.25, -0.2) is 9.36 Å². The molecule has 3 rings (SSSR count). The zero-order chi connectivity index (χ0) is 16.4. The minimum Gasteiger partial charge on any atom is -0.350 e. The van der Waals surface area contributed by atoms with Crippen molar-refractivity contribution in [3.8, 4) is 17.1 Å². The summed E-state index contributed by atoms with van der Waals surface area (Å²) in [6.45, 7) is 5.92. The van der Waals surface area contributed by atoms with Crippen LogP contribution < -0.4 is 5.32 Å². The third-order valence-electron chi connectivity index (χ3n) is 3.48. The van der Waals surface area contributed by atoms with Gasteiger partial charge < -0.3 is 5.32 Å². The third-order valence-corrected chi connectivity index (χ3v) is 4.07. The van der Waals surface area contributed by atoms with E-state index >= 15 is 0 Å². The van der Waals surface area contributed by atoms with Gasteiger partial charge in [-0.05, 0) is 50.0 Å². The summed E-state index contributed by atoms with van der Waals surface area (Å²) < 4.78 is 6.13. The van der Waals surface area contributed by atoms with Crippen LogP contribution in [0, 0.1) is 6.92 Å². The van der Waals surface area contributed by atoms with E-state index in [2.05, 4.69) is 14.7 Å². The summed E-state index contributed by atoms with van der Waals surface area (Å²) in [5, 5.41) is 4.88. The highest BCUT2D eigenvalue weighted by atomic mass is 32.1. The fourth-order valence-electron chi connectivity index (χ4n) is 2.38. The number of aryl methyl sites for hydroxylation is 1. The Bertz CT molecular complexity index is 821. The molecule has 0 aliphatic carbocycles. The van der Waals surface area contributed by atoms with Gasteiger partial charge in [-0.15, -0.1) is 0 Å². The first kappa shape index (κ1) is 15.4. The van der Waals surface area contributed by atoms with Crippen molar-refractivity contribution in [2.45, 2.75) is 26.8 Å². The SMILES string of the molecule is Cc1ccc(C(=O)NC(C)C)cc1-n1ccnc1-c1cnsc1. The Morgan fingerprint density at radius 1 is 1.35 bits per heavy atom. The van der Waals surface area contributed by atoms with Crippen LogP contribution in [0.1, 0.15) is 29.8 Å². The van der Waals surface area contributed by atoms with Gasteiger partial charge in [0.1, 0.15) is 5.82 Å². The zero-order valence-corrected chi connectivity index (χ0v) is 14.1. The highest BCUT2D eigenvalue weighted by molar-refractivity contribution is 7.03. The van der Waals surface area contributed by atoms with E-state index in [1.165, 1.54) is 11.5 Å². The molecule has 1 amide bonds. The highest BCUT2D eigenvalue weighted by Crippen LogP contribution is 2.25. The Balaban J connectivity index is 2.04. The minimum absolute atomic E-state index is 0.0693. The molecule has 3 aromatic rings. The van der Waals surface area contributed by atoms with Crippen LogP contribution in [0.3, 0.4) is 0 Å². The molecule has 0 atom stereocenters. The van der Waals surface area contributed by atoms with Crippen LogP contribution >= 0.6 is 11.5 Å². The maximum Gasteiger partial charge on any atom is 0.251 e. The molecule has 2 aromatic heterocycles. The van der Waals surface area contributed by atoms with Crippen molar-refractivity contribution in [2.24, 2.45) is 0 Å². The number of carbonyl (C=O) groups is 1. The number of nitrogens with zero attached hydrogens (tertiary/aromatic N) is 3. The molecule has 2 heterocycles. The van der Waals surface area contributed by atoms with E-state index in [9.17, 15) is 4.79 Å². The molecule has 0 spiro atoms. The van der Waals surface area contributed by atoms with Gasteiger partial charge in [0.25, 0.3) is 5.91 Å². The van der Waals surface area contributed by atoms with E-state index in [0.29, 0.717) is 5.56 Å². The summed E-state index contributed by atoms with van der Waals surface area (Å²) in [6, 6.07) is 5.81. The average molecular weight is 326 g/mol. The molecular weight excluding hydrogens is 308 g/mol. The van der Waals surface area contributed by atoms with E-state index in [1.54, 1.807) is 12.4 Å². The van der Waals surface area contributed by atoms with E-state index in [0.717, 1.165) is 22.6 Å². The summed E-state index contributed by atoms with van der Waals surface area (Å²) in [5.41, 5.74) is 3.63. The zero-order valence-electron chi connectivity index (χ0n) is 13.3. The third kappa shape index (κ3) is 3.17. The highest BCUT2D eigenvalue weighted by Gasteiger charge is 2.14. The second-order valence-electron chi connectivity index (χ2n) is 5.66. The summed E-state index contributed by atoms with van der Waals surface area (Å²) in [7, 11) is 0. The minimum atomic E-state index is -0.0693. The predicted molar refractivity (Wildman–Crippen MR) is 92.0 cm³/mol. The van der Waals surface area contributed by atoms with Gasteiger partial charge in [-0.3, -0.25) is 9.36 Å². The normalized spacial score (nSPS) is 11.0. The van der Waals surface area contributed by atoms with Crippen LogP contribution in [0.2, 0.25) is 0 Å². The van der Waals surface area contributed by atoms with E-state index in [-0.39, 0.29) is 11.9 Å². The van der Waals surface area contributed by atoms with Gasteiger partial charge >= 0.3 is 0 Å². The number of amides is 1. The standard InChI is InChI=1S/C17H18N4OS/c1-11(2)20-17(22)13-5-4-12(3)15(8-13)21-7-6-18-16(21)14-9-19-23-10-14/h4-11H,1-3H3,(H,20,22). The summed E-state index contributed by atoms with van der Waals surface area (Å²) in [6.07, 6.45) is 5.46. The van der Waals surface area contributed by atoms with Crippen LogP contribution in [0.4, 0.5) is 0 Å². The number of carbonyl (C=O) groups excluding carboxylic acids is 1. The van der Waals surface area contributed by atoms with Gasteiger partial charge in [-0.2, -0.15) is 0 Å². The van der Waals surface area contributed by atoms with Crippen LogP contribution in [0.25, 0.3) is 17.1 Å². The summed E-state index contributed by atoms with van der Waals surface area (Å²) >= 11 is 1.39. The molecule has 118 valence electrons. The molecule has 0 saturated carbocycles. The Morgan fingerprint density at radius 3 is 2.87 bits per heavy atom. The second kappa shape index (κ2) is 6.34. The lowest BCUT2D eigenvalue weighted by Gasteiger charge is -2.13. The molecule has 6 heteroatoms. The fraction of sp³-hybridized carbons (Fsp3) is 0.235. The topological polar surface area (TPSA) is 59.8 Å². The average Bonchev–Trinajstić information content (AvgIpc) is 3.17. The van der Waals surface area contributed by atoms with Gasteiger partial charge in [0, 0.05) is 34.9 Å². The van der Waals surface area contributed by atoms with Crippen LogP contribution in [0.5, 0.6) is 0 Å². The molecule has 0 aliphatic rings. The van der Waals surface area contributed by atoms with Crippen molar-refractivity contribution in [3.05, 3.63) is 53.3 Å². The number of rotatable bonds is 4. The largest absolute Gasteiger partial charge is 0.350 e. The van der Waals surface area contributed by atoms with Crippen LogP contribution in [0.15, 0.2) is 42.2 Å². The lowest BCUT2D eigenvalue weighted by molar-refractivity contribution is 0.0943. The molecule has 1 N–H and O–H groups in total. The smallest absolute Gasteiger partial charge is 0.251 e. The monoisotopic (exact) mass is 326 g/mol. The molecule has 0 aliphatic heterocycles. The van der Waals surface area contributed by atoms with E-state index in [1.807, 2.05) is 55.1 Å². The number of nitrogens with one attached hydrogen (secondary N) is 1. The predicted octanol–water partition coefficient (Wildman–Crippen LogP) is 3.44. The molecule has 1 aromatic carbocycles. The van der Waals surface area contributed by atoms with Gasteiger partial charge in [0.2, 0.25) is 0 Å². The first-order chi connectivity index (χ1) is 11.1. The summed E-state index contributed by atoms with van der Waals surface area (Å²) in [4.78, 5) is 16.7. The molecule has 23 heavy (non-hydrogen) atoms. The van der Waals surface area contributed by atoms with Gasteiger partial charge in [0.15, 0.2) is 0 Å². The maximum absolute atomic E-state index is 12.3. The van der Waals surface area contributed by atoms with Crippen LogP contribution in [-0.4, -0.2) is 25.9 Å². The van der Waals surface area contributed by atoms with E-state index < -0.39 is 0 Å². The molecule has 0 bridgehead atoms. The molecule has 0 saturated heterocycles. The number of imidazole rings is 1. The number of hydrogen-bond donors (Lipinski definition) is 1. The molecule has 0 radical (unpaired) electrons. The first-order valence-electron chi connectivity index (χ1n) is 7.41. The Hall–Kier alpha value is -2.47. The Morgan fingerprint density at radius 2 is 2.17 bits per heavy atom.